The summed E-state index contributed by atoms with van der Waals surface area (Å²) in [6.07, 6.45) is 0.0283. The third-order valence-corrected chi connectivity index (χ3v) is 7.45. The van der Waals surface area contributed by atoms with E-state index in [1.165, 1.54) is 26.0 Å². The molecule has 8 N–H and O–H groups in total. The van der Waals surface area contributed by atoms with Gasteiger partial charge in [0.1, 0.15) is 22.9 Å². The van der Waals surface area contributed by atoms with E-state index in [1.807, 2.05) is 0 Å². The van der Waals surface area contributed by atoms with Gasteiger partial charge in [0.05, 0.1) is 11.6 Å². The highest BCUT2D eigenvalue weighted by atomic mass is 16.3. The second-order valence-electron chi connectivity index (χ2n) is 10.0. The van der Waals surface area contributed by atoms with Crippen LogP contribution in [0, 0.1) is 11.8 Å². The van der Waals surface area contributed by atoms with E-state index < -0.39 is 69.8 Å². The first-order chi connectivity index (χ1) is 17.7. The summed E-state index contributed by atoms with van der Waals surface area (Å²) in [6.45, 7) is 0. The van der Waals surface area contributed by atoms with Crippen LogP contribution in [0.4, 0.5) is 16.4 Å². The lowest BCUT2D eigenvalue weighted by atomic mass is 9.57. The van der Waals surface area contributed by atoms with Crippen LogP contribution in [0.25, 0.3) is 5.76 Å². The number of anilines is 2. The summed E-state index contributed by atoms with van der Waals surface area (Å²) in [6, 6.07) is -1.87. The number of carbonyl (C=O) groups is 4. The second kappa shape index (κ2) is 8.99. The maximum absolute atomic E-state index is 13.9. The van der Waals surface area contributed by atoms with E-state index in [9.17, 15) is 39.6 Å². The zero-order chi connectivity index (χ0) is 28.4. The first-order valence-corrected chi connectivity index (χ1v) is 11.7. The van der Waals surface area contributed by atoms with Gasteiger partial charge in [0, 0.05) is 38.2 Å². The van der Waals surface area contributed by atoms with Gasteiger partial charge < -0.3 is 36.4 Å². The zero-order valence-electron chi connectivity index (χ0n) is 21.5. The number of hydrogen-bond donors (Lipinski definition) is 7. The molecular weight excluding hydrogens is 500 g/mol. The van der Waals surface area contributed by atoms with Crippen molar-refractivity contribution in [2.75, 3.05) is 45.5 Å². The van der Waals surface area contributed by atoms with E-state index in [0.29, 0.717) is 11.4 Å². The van der Waals surface area contributed by atoms with Gasteiger partial charge >= 0.3 is 6.03 Å². The number of primary amides is 1. The van der Waals surface area contributed by atoms with Crippen LogP contribution in [-0.4, -0.2) is 101 Å². The molecule has 0 radical (unpaired) electrons. The van der Waals surface area contributed by atoms with Crippen LogP contribution in [0.1, 0.15) is 17.5 Å². The number of urea groups is 1. The van der Waals surface area contributed by atoms with E-state index in [4.69, 9.17) is 5.73 Å². The van der Waals surface area contributed by atoms with Gasteiger partial charge in [-0.25, -0.2) is 9.78 Å². The van der Waals surface area contributed by atoms with Gasteiger partial charge in [-0.3, -0.25) is 24.6 Å². The van der Waals surface area contributed by atoms with Gasteiger partial charge in [-0.2, -0.15) is 0 Å². The highest BCUT2D eigenvalue weighted by Gasteiger charge is 2.64. The molecule has 0 aromatic carbocycles. The molecule has 3 amide bonds. The molecule has 3 aliphatic carbocycles. The van der Waals surface area contributed by atoms with E-state index in [-0.39, 0.29) is 29.8 Å². The number of fused-ring (bicyclic) bond motifs is 3. The number of pyridine rings is 1. The number of nitrogens with zero attached hydrogens (tertiary/aromatic N) is 3. The summed E-state index contributed by atoms with van der Waals surface area (Å²) < 4.78 is 0. The molecule has 4 atom stereocenters. The molecule has 38 heavy (non-hydrogen) atoms. The number of nitrogens with two attached hydrogens (primary N) is 1. The Balaban J connectivity index is 1.99. The standard InChI is InChI=1S/C24H30N6O8/c1-26-23(37)28-21-17(33)12-9(22(27-21)30(4)5)6-8-7-10-14(29(2)3)16(32)13(20(25)36)19(35)24(10,38)18(34)11(8)15(12)31/h8,10,14,31,33,35,38H,6-7H2,1-5H3,(H2,25,36)(H2,26,27,28,37)/t8-,10-,14-,24-/m0/s1. The van der Waals surface area contributed by atoms with Crippen molar-refractivity contribution in [3.05, 3.63) is 28.0 Å². The summed E-state index contributed by atoms with van der Waals surface area (Å²) >= 11 is 0. The lowest BCUT2D eigenvalue weighted by Crippen LogP contribution is -2.65. The molecule has 0 aliphatic heterocycles. The van der Waals surface area contributed by atoms with Crippen LogP contribution >= 0.6 is 0 Å². The number of aromatic nitrogens is 1. The minimum absolute atomic E-state index is 0.0440. The van der Waals surface area contributed by atoms with Gasteiger partial charge in [-0.05, 0) is 32.9 Å². The molecule has 0 bridgehead atoms. The topological polar surface area (TPSA) is 219 Å². The number of carbonyl (C=O) groups excluding carboxylic acids is 4. The van der Waals surface area contributed by atoms with Gasteiger partial charge in [0.25, 0.3) is 5.91 Å². The molecule has 1 heterocycles. The predicted molar refractivity (Wildman–Crippen MR) is 134 cm³/mol. The van der Waals surface area contributed by atoms with Crippen molar-refractivity contribution in [3.8, 4) is 5.75 Å². The Morgan fingerprint density at radius 3 is 2.29 bits per heavy atom. The van der Waals surface area contributed by atoms with E-state index in [0.717, 1.165) is 0 Å². The Kier molecular flexibility index (Phi) is 6.36. The minimum atomic E-state index is -2.74. The minimum Gasteiger partial charge on any atom is -0.508 e. The molecule has 4 rings (SSSR count). The normalized spacial score (nSPS) is 26.6. The predicted octanol–water partition coefficient (Wildman–Crippen LogP) is -0.824. The fourth-order valence-corrected chi connectivity index (χ4v) is 5.81. The quantitative estimate of drug-likeness (QED) is 0.238. The molecular formula is C24H30N6O8. The fraction of sp³-hybridized carbons (Fsp3) is 0.458. The number of aliphatic hydroxyl groups is 3. The first-order valence-electron chi connectivity index (χ1n) is 11.7. The molecule has 1 aromatic rings. The number of hydrogen-bond acceptors (Lipinski definition) is 11. The fourth-order valence-electron chi connectivity index (χ4n) is 5.81. The molecule has 0 saturated heterocycles. The first kappa shape index (κ1) is 26.9. The molecule has 1 aromatic heterocycles. The summed E-state index contributed by atoms with van der Waals surface area (Å²) in [5, 5.41) is 49.6. The third-order valence-electron chi connectivity index (χ3n) is 7.45. The number of likely N-dealkylation sites (N-methyl/N-ethyl adjacent to an activating group) is 1. The molecule has 1 saturated carbocycles. The number of ketones is 2. The molecule has 204 valence electrons. The van der Waals surface area contributed by atoms with Crippen LogP contribution in [0.15, 0.2) is 16.9 Å². The average Bonchev–Trinajstić information content (AvgIpc) is 2.82. The van der Waals surface area contributed by atoms with Crippen molar-refractivity contribution < 1.29 is 39.6 Å². The van der Waals surface area contributed by atoms with Gasteiger partial charge in [-0.15, -0.1) is 0 Å². The van der Waals surface area contributed by atoms with Gasteiger partial charge in [0.15, 0.2) is 23.0 Å². The Hall–Kier alpha value is -4.17. The van der Waals surface area contributed by atoms with Crippen LogP contribution in [0.3, 0.4) is 0 Å². The lowest BCUT2D eigenvalue weighted by Gasteiger charge is -2.50. The summed E-state index contributed by atoms with van der Waals surface area (Å²) in [5.74, 6) is -7.62. The number of rotatable bonds is 4. The zero-order valence-corrected chi connectivity index (χ0v) is 21.5. The third kappa shape index (κ3) is 3.59. The van der Waals surface area contributed by atoms with Crippen LogP contribution in [0.2, 0.25) is 0 Å². The number of amides is 3. The molecule has 3 aliphatic rings. The highest BCUT2D eigenvalue weighted by Crippen LogP contribution is 2.54. The van der Waals surface area contributed by atoms with Gasteiger partial charge in [-0.1, -0.05) is 0 Å². The number of aromatic hydroxyl groups is 1. The van der Waals surface area contributed by atoms with Crippen molar-refractivity contribution in [2.24, 2.45) is 17.6 Å². The van der Waals surface area contributed by atoms with E-state index >= 15 is 0 Å². The lowest BCUT2D eigenvalue weighted by molar-refractivity contribution is -0.153. The Labute approximate surface area is 217 Å². The van der Waals surface area contributed by atoms with Crippen LogP contribution in [-0.2, 0) is 20.8 Å². The molecule has 0 spiro atoms. The maximum atomic E-state index is 13.9. The largest absolute Gasteiger partial charge is 0.508 e. The SMILES string of the molecule is CNC(=O)Nc1nc(N(C)C)c2c(c1O)C(O)=C1C(=O)[C@]3(O)C(O)=C(C(N)=O)C(=O)[C@@H](N(C)C)[C@@H]3C[C@@H]1C2. The van der Waals surface area contributed by atoms with Crippen molar-refractivity contribution in [2.45, 2.75) is 24.5 Å². The van der Waals surface area contributed by atoms with E-state index in [2.05, 4.69) is 15.6 Å². The van der Waals surface area contributed by atoms with Gasteiger partial charge in [0.2, 0.25) is 5.78 Å². The number of aliphatic hydroxyl groups excluding tert-OH is 2. The highest BCUT2D eigenvalue weighted by molar-refractivity contribution is 6.24. The van der Waals surface area contributed by atoms with Crippen LogP contribution < -0.4 is 21.3 Å². The van der Waals surface area contributed by atoms with Crippen molar-refractivity contribution in [3.63, 3.8) is 0 Å². The van der Waals surface area contributed by atoms with Crippen molar-refractivity contribution >= 4 is 40.9 Å². The monoisotopic (exact) mass is 530 g/mol. The van der Waals surface area contributed by atoms with Crippen molar-refractivity contribution in [1.29, 1.82) is 0 Å². The van der Waals surface area contributed by atoms with Crippen LogP contribution in [0.5, 0.6) is 5.75 Å². The average molecular weight is 531 g/mol. The molecule has 0 unspecified atom stereocenters. The smallest absolute Gasteiger partial charge is 0.320 e. The summed E-state index contributed by atoms with van der Waals surface area (Å²) in [5.41, 5.74) is 1.61. The number of nitrogens with one attached hydrogen (secondary N) is 2. The Morgan fingerprint density at radius 2 is 1.76 bits per heavy atom. The second-order valence-corrected chi connectivity index (χ2v) is 10.0. The summed E-state index contributed by atoms with van der Waals surface area (Å²) in [4.78, 5) is 58.4. The summed E-state index contributed by atoms with van der Waals surface area (Å²) in [7, 11) is 7.75. The molecule has 1 fully saturated rings. The molecule has 14 nitrogen and oxygen atoms in total. The number of Topliss-reactive ketones (excluding diaryl/α,β-unsaturated/α-hetero) is 2. The van der Waals surface area contributed by atoms with E-state index in [1.54, 1.807) is 19.0 Å². The van der Waals surface area contributed by atoms with Crippen molar-refractivity contribution in [1.82, 2.24) is 15.2 Å². The Bertz CT molecular complexity index is 1350. The Morgan fingerprint density at radius 1 is 1.13 bits per heavy atom. The maximum Gasteiger partial charge on any atom is 0.320 e. The molecule has 14 heteroatoms.